The molecular weight excluding hydrogens is 278 g/mol. The van der Waals surface area contributed by atoms with Gasteiger partial charge in [-0.1, -0.05) is 6.92 Å². The lowest BCUT2D eigenvalue weighted by atomic mass is 10.2. The van der Waals surface area contributed by atoms with Crippen LogP contribution in [0.15, 0.2) is 22.7 Å². The number of nitrogens with zero attached hydrogens (tertiary/aromatic N) is 3. The number of hydrogen-bond donors (Lipinski definition) is 0. The Bertz CT molecular complexity index is 618. The first-order chi connectivity index (χ1) is 10.8. The third kappa shape index (κ3) is 3.47. The Labute approximate surface area is 131 Å². The summed E-state index contributed by atoms with van der Waals surface area (Å²) in [4.78, 5) is 11.3. The maximum Gasteiger partial charge on any atom is 0.195 e. The van der Waals surface area contributed by atoms with Crippen molar-refractivity contribution >= 4 is 5.69 Å². The molecule has 5 nitrogen and oxygen atoms in total. The maximum atomic E-state index is 5.77. The maximum absolute atomic E-state index is 5.77. The summed E-state index contributed by atoms with van der Waals surface area (Å²) in [5.41, 5.74) is 3.32. The summed E-state index contributed by atoms with van der Waals surface area (Å²) >= 11 is 0. The number of ether oxygens (including phenoxy) is 1. The van der Waals surface area contributed by atoms with Crippen molar-refractivity contribution in [2.24, 2.45) is 0 Å². The molecule has 0 bridgehead atoms. The normalized spacial score (nSPS) is 15.3. The lowest BCUT2D eigenvalue weighted by Gasteiger charge is -2.28. The van der Waals surface area contributed by atoms with Crippen molar-refractivity contribution in [2.45, 2.75) is 33.1 Å². The predicted molar refractivity (Wildman–Crippen MR) is 85.3 cm³/mol. The Hall–Kier alpha value is -1.88. The summed E-state index contributed by atoms with van der Waals surface area (Å²) in [6.45, 7) is 7.58. The molecule has 0 aromatic carbocycles. The number of rotatable bonds is 5. The number of anilines is 1. The molecule has 0 aliphatic carbocycles. The summed E-state index contributed by atoms with van der Waals surface area (Å²) in [5.74, 6) is 1.80. The minimum absolute atomic E-state index is 0.792. The van der Waals surface area contributed by atoms with E-state index in [1.54, 1.807) is 0 Å². The predicted octanol–water partition coefficient (Wildman–Crippen LogP) is 2.56. The molecule has 5 heteroatoms. The van der Waals surface area contributed by atoms with Crippen LogP contribution < -0.4 is 4.90 Å². The largest absolute Gasteiger partial charge is 0.445 e. The highest BCUT2D eigenvalue weighted by Crippen LogP contribution is 2.18. The quantitative estimate of drug-likeness (QED) is 0.849. The van der Waals surface area contributed by atoms with Gasteiger partial charge in [-0.05, 0) is 25.5 Å². The van der Waals surface area contributed by atoms with Crippen LogP contribution >= 0.6 is 0 Å². The van der Waals surface area contributed by atoms with Gasteiger partial charge in [-0.25, -0.2) is 4.98 Å². The molecular formula is C17H23N3O2. The van der Waals surface area contributed by atoms with Crippen LogP contribution in [0.5, 0.6) is 0 Å². The molecule has 0 radical (unpaired) electrons. The van der Waals surface area contributed by atoms with E-state index in [0.29, 0.717) is 0 Å². The van der Waals surface area contributed by atoms with Crippen molar-refractivity contribution in [3.8, 4) is 0 Å². The van der Waals surface area contributed by atoms with E-state index < -0.39 is 0 Å². The fraction of sp³-hybridized carbons (Fsp3) is 0.529. The highest BCUT2D eigenvalue weighted by Gasteiger charge is 2.12. The summed E-state index contributed by atoms with van der Waals surface area (Å²) in [6, 6.07) is 4.24. The second-order valence-corrected chi connectivity index (χ2v) is 5.57. The van der Waals surface area contributed by atoms with E-state index in [1.807, 2.05) is 13.1 Å². The van der Waals surface area contributed by atoms with Crippen molar-refractivity contribution < 1.29 is 9.15 Å². The Morgan fingerprint density at radius 2 is 2.05 bits per heavy atom. The summed E-state index contributed by atoms with van der Waals surface area (Å²) in [5, 5.41) is 0. The highest BCUT2D eigenvalue weighted by atomic mass is 16.5. The molecule has 1 saturated heterocycles. The molecule has 2 aromatic rings. The van der Waals surface area contributed by atoms with E-state index in [-0.39, 0.29) is 0 Å². The number of aromatic nitrogens is 2. The molecule has 0 spiro atoms. The molecule has 0 amide bonds. The van der Waals surface area contributed by atoms with E-state index in [2.05, 4.69) is 33.9 Å². The molecule has 0 unspecified atom stereocenters. The van der Waals surface area contributed by atoms with Crippen molar-refractivity contribution in [3.05, 3.63) is 41.4 Å². The minimum Gasteiger partial charge on any atom is -0.445 e. The number of aryl methyl sites for hydroxylation is 4. The molecule has 1 aliphatic rings. The lowest BCUT2D eigenvalue weighted by molar-refractivity contribution is 0.122. The van der Waals surface area contributed by atoms with Gasteiger partial charge in [0.1, 0.15) is 5.76 Å². The average molecular weight is 301 g/mol. The SMILES string of the molecule is CCc1oc(CCc2cc(N3CCOCC3)ccn2)nc1C. The molecule has 2 aromatic heterocycles. The third-order valence-corrected chi connectivity index (χ3v) is 4.03. The van der Waals surface area contributed by atoms with Gasteiger partial charge in [-0.15, -0.1) is 0 Å². The van der Waals surface area contributed by atoms with Crippen molar-refractivity contribution in [2.75, 3.05) is 31.2 Å². The van der Waals surface area contributed by atoms with E-state index >= 15 is 0 Å². The Balaban J connectivity index is 1.64. The van der Waals surface area contributed by atoms with Gasteiger partial charge in [0.15, 0.2) is 5.89 Å². The Morgan fingerprint density at radius 1 is 1.23 bits per heavy atom. The molecule has 1 aliphatic heterocycles. The van der Waals surface area contributed by atoms with Crippen LogP contribution in [0.3, 0.4) is 0 Å². The minimum atomic E-state index is 0.792. The van der Waals surface area contributed by atoms with Crippen molar-refractivity contribution in [1.29, 1.82) is 0 Å². The molecule has 1 fully saturated rings. The van der Waals surface area contributed by atoms with E-state index in [1.165, 1.54) is 5.69 Å². The van der Waals surface area contributed by atoms with Gasteiger partial charge in [0.2, 0.25) is 0 Å². The molecule has 3 rings (SSSR count). The van der Waals surface area contributed by atoms with E-state index in [9.17, 15) is 0 Å². The molecule has 0 saturated carbocycles. The monoisotopic (exact) mass is 301 g/mol. The van der Waals surface area contributed by atoms with Crippen LogP contribution in [0, 0.1) is 6.92 Å². The van der Waals surface area contributed by atoms with Crippen LogP contribution in [0.4, 0.5) is 5.69 Å². The lowest BCUT2D eigenvalue weighted by Crippen LogP contribution is -2.36. The molecule has 3 heterocycles. The van der Waals surface area contributed by atoms with Gasteiger partial charge >= 0.3 is 0 Å². The smallest absolute Gasteiger partial charge is 0.195 e. The summed E-state index contributed by atoms with van der Waals surface area (Å²) in [6.07, 6.45) is 4.42. The summed E-state index contributed by atoms with van der Waals surface area (Å²) in [7, 11) is 0. The van der Waals surface area contributed by atoms with Gasteiger partial charge in [-0.3, -0.25) is 4.98 Å². The van der Waals surface area contributed by atoms with E-state index in [0.717, 1.165) is 68.6 Å². The van der Waals surface area contributed by atoms with Gasteiger partial charge in [0.25, 0.3) is 0 Å². The van der Waals surface area contributed by atoms with Gasteiger partial charge in [0, 0.05) is 43.5 Å². The first kappa shape index (κ1) is 15.0. The fourth-order valence-corrected chi connectivity index (χ4v) is 2.78. The average Bonchev–Trinajstić information content (AvgIpc) is 2.94. The van der Waals surface area contributed by atoms with Crippen LogP contribution in [0.25, 0.3) is 0 Å². The van der Waals surface area contributed by atoms with Crippen LogP contribution in [0.2, 0.25) is 0 Å². The second-order valence-electron chi connectivity index (χ2n) is 5.57. The fourth-order valence-electron chi connectivity index (χ4n) is 2.78. The molecule has 0 atom stereocenters. The standard InChI is InChI=1S/C17H23N3O2/c1-3-16-13(2)19-17(22-16)5-4-14-12-15(6-7-18-14)20-8-10-21-11-9-20/h6-7,12H,3-5,8-11H2,1-2H3. The number of morpholine rings is 1. The number of pyridine rings is 1. The van der Waals surface area contributed by atoms with E-state index in [4.69, 9.17) is 9.15 Å². The molecule has 22 heavy (non-hydrogen) atoms. The summed E-state index contributed by atoms with van der Waals surface area (Å²) < 4.78 is 11.2. The topological polar surface area (TPSA) is 51.4 Å². The zero-order valence-electron chi connectivity index (χ0n) is 13.3. The zero-order valence-corrected chi connectivity index (χ0v) is 13.3. The third-order valence-electron chi connectivity index (χ3n) is 4.03. The van der Waals surface area contributed by atoms with Gasteiger partial charge in [0.05, 0.1) is 18.9 Å². The van der Waals surface area contributed by atoms with Crippen LogP contribution in [-0.4, -0.2) is 36.3 Å². The first-order valence-corrected chi connectivity index (χ1v) is 7.99. The number of hydrogen-bond acceptors (Lipinski definition) is 5. The van der Waals surface area contributed by atoms with Gasteiger partial charge in [-0.2, -0.15) is 0 Å². The van der Waals surface area contributed by atoms with Crippen molar-refractivity contribution in [3.63, 3.8) is 0 Å². The van der Waals surface area contributed by atoms with Crippen LogP contribution in [-0.2, 0) is 24.0 Å². The van der Waals surface area contributed by atoms with Crippen molar-refractivity contribution in [1.82, 2.24) is 9.97 Å². The zero-order chi connectivity index (χ0) is 15.4. The Morgan fingerprint density at radius 3 is 2.77 bits per heavy atom. The van der Waals surface area contributed by atoms with Gasteiger partial charge < -0.3 is 14.1 Å². The molecule has 0 N–H and O–H groups in total. The first-order valence-electron chi connectivity index (χ1n) is 7.99. The highest BCUT2D eigenvalue weighted by molar-refractivity contribution is 5.46. The second kappa shape index (κ2) is 6.92. The Kier molecular flexibility index (Phi) is 4.73. The molecule has 118 valence electrons. The number of oxazole rings is 1. The van der Waals surface area contributed by atoms with Crippen LogP contribution in [0.1, 0.15) is 30.0 Å².